The van der Waals surface area contributed by atoms with E-state index in [9.17, 15) is 4.11 Å². The Morgan fingerprint density at radius 1 is 0.405 bits per heavy atom. The van der Waals surface area contributed by atoms with E-state index < -0.39 is 45.1 Å². The van der Waals surface area contributed by atoms with Crippen molar-refractivity contribution in [2.75, 3.05) is 9.80 Å². The Hall–Kier alpha value is -8.54. The molecule has 0 bridgehead atoms. The number of aryl methyl sites for hydroxylation is 1. The van der Waals surface area contributed by atoms with E-state index in [1.54, 1.807) is 18.2 Å². The molecule has 0 saturated heterocycles. The largest absolute Gasteiger partial charge is 0.452 e. The van der Waals surface area contributed by atoms with E-state index in [0.29, 0.717) is 39.2 Å². The fraction of sp³-hybridized carbons (Fsp3) is 0.130. The van der Waals surface area contributed by atoms with E-state index in [1.807, 2.05) is 114 Å². The molecule has 4 nitrogen and oxygen atoms in total. The second-order valence-electron chi connectivity index (χ2n) is 20.9. The van der Waals surface area contributed by atoms with Crippen molar-refractivity contribution in [3.8, 4) is 27.9 Å². The molecule has 2 aliphatic rings. The summed E-state index contributed by atoms with van der Waals surface area (Å²) < 4.78 is 119. The van der Waals surface area contributed by atoms with Crippen molar-refractivity contribution in [3.63, 3.8) is 0 Å². The van der Waals surface area contributed by atoms with Crippen LogP contribution in [0.15, 0.2) is 217 Å². The SMILES string of the molecule is [2H]C([2H])([2H])c1cc2c3c(c1)N(c1cc(C(C([2H])([2H])[2H])(C([2H])([2H])[2H])C([2H])([2H])[2H])cc4c1oc1c(-n5c6ccccc6c6ccccc65)cccc14)c1ccc(-c4ccccc4)cc1B3c1cc(-c3ccccc3)ccc1N2c1ccc(C(C)(C)C)cc1. The molecule has 0 unspecified atom stereocenters. The average Bonchev–Trinajstić information content (AvgIpc) is 0.931. The molecule has 14 rings (SSSR count). The maximum absolute atomic E-state index is 9.23. The summed E-state index contributed by atoms with van der Waals surface area (Å²) in [6.45, 7) is -7.79. The van der Waals surface area contributed by atoms with Gasteiger partial charge >= 0.3 is 0 Å². The molecule has 0 saturated carbocycles. The minimum absolute atomic E-state index is 0.00695. The number of furan rings is 1. The summed E-state index contributed by atoms with van der Waals surface area (Å²) in [5, 5.41) is 2.68. The minimum Gasteiger partial charge on any atom is -0.452 e. The summed E-state index contributed by atoms with van der Waals surface area (Å²) in [7, 11) is 0. The van der Waals surface area contributed by atoms with Crippen molar-refractivity contribution in [1.29, 1.82) is 0 Å². The highest BCUT2D eigenvalue weighted by Crippen LogP contribution is 2.50. The van der Waals surface area contributed by atoms with Crippen LogP contribution in [-0.4, -0.2) is 11.3 Å². The van der Waals surface area contributed by atoms with Gasteiger partial charge in [0.2, 0.25) is 0 Å². The number of aromatic nitrogens is 1. The third-order valence-electron chi connectivity index (χ3n) is 15.3. The molecule has 4 heterocycles. The van der Waals surface area contributed by atoms with E-state index >= 15 is 0 Å². The second kappa shape index (κ2) is 16.2. The average molecular weight is 966 g/mol. The topological polar surface area (TPSA) is 24.6 Å². The van der Waals surface area contributed by atoms with Gasteiger partial charge in [-0.1, -0.05) is 187 Å². The van der Waals surface area contributed by atoms with Crippen LogP contribution < -0.4 is 26.2 Å². The van der Waals surface area contributed by atoms with Gasteiger partial charge in [0.05, 0.1) is 22.4 Å². The highest BCUT2D eigenvalue weighted by atomic mass is 16.3. The molecule has 0 N–H and O–H groups in total. The molecule has 12 aromatic rings. The molecule has 0 spiro atoms. The second-order valence-corrected chi connectivity index (χ2v) is 20.9. The van der Waals surface area contributed by atoms with Crippen LogP contribution >= 0.6 is 0 Å². The third-order valence-corrected chi connectivity index (χ3v) is 15.3. The van der Waals surface area contributed by atoms with E-state index in [-0.39, 0.29) is 27.6 Å². The predicted molar refractivity (Wildman–Crippen MR) is 315 cm³/mol. The van der Waals surface area contributed by atoms with Gasteiger partial charge in [-0.3, -0.25) is 0 Å². The summed E-state index contributed by atoms with van der Waals surface area (Å²) in [6, 6.07) is 68.5. The maximum atomic E-state index is 9.23. The zero-order chi connectivity index (χ0) is 60.2. The van der Waals surface area contributed by atoms with Crippen LogP contribution in [0.4, 0.5) is 34.1 Å². The highest BCUT2D eigenvalue weighted by molar-refractivity contribution is 7.00. The first-order chi connectivity index (χ1) is 40.8. The molecule has 2 aromatic heterocycles. The Morgan fingerprint density at radius 3 is 1.55 bits per heavy atom. The van der Waals surface area contributed by atoms with Gasteiger partial charge in [0.25, 0.3) is 6.71 Å². The molecule has 0 amide bonds. The van der Waals surface area contributed by atoms with Crippen LogP contribution in [0.25, 0.3) is 71.7 Å². The Bertz CT molecular complexity index is 4620. The summed E-state index contributed by atoms with van der Waals surface area (Å²) in [6.07, 6.45) is 0. The number of hydrogen-bond acceptors (Lipinski definition) is 3. The lowest BCUT2D eigenvalue weighted by Crippen LogP contribution is -2.61. The third kappa shape index (κ3) is 6.76. The Balaban J connectivity index is 1.16. The predicted octanol–water partition coefficient (Wildman–Crippen LogP) is 17.0. The Labute approximate surface area is 450 Å². The molecule has 0 aliphatic carbocycles. The van der Waals surface area contributed by atoms with Crippen LogP contribution in [0.2, 0.25) is 0 Å². The van der Waals surface area contributed by atoms with Crippen molar-refractivity contribution < 1.29 is 20.9 Å². The minimum atomic E-state index is -3.65. The molecule has 356 valence electrons. The molecule has 5 heteroatoms. The zero-order valence-corrected chi connectivity index (χ0v) is 41.0. The zero-order valence-electron chi connectivity index (χ0n) is 53.0. The van der Waals surface area contributed by atoms with Crippen LogP contribution in [0.3, 0.4) is 0 Å². The van der Waals surface area contributed by atoms with Crippen molar-refractivity contribution >= 4 is 101 Å². The molecule has 2 aliphatic heterocycles. The summed E-state index contributed by atoms with van der Waals surface area (Å²) >= 11 is 0. The van der Waals surface area contributed by atoms with E-state index in [0.717, 1.165) is 71.9 Å². The van der Waals surface area contributed by atoms with E-state index in [4.69, 9.17) is 16.8 Å². The van der Waals surface area contributed by atoms with E-state index in [1.165, 1.54) is 12.1 Å². The number of hydrogen-bond donors (Lipinski definition) is 0. The van der Waals surface area contributed by atoms with Gasteiger partial charge in [-0.25, -0.2) is 0 Å². The van der Waals surface area contributed by atoms with Crippen LogP contribution in [0.5, 0.6) is 0 Å². The van der Waals surface area contributed by atoms with Gasteiger partial charge in [0, 0.05) is 66.4 Å². The number of fused-ring (bicyclic) bond motifs is 10. The summed E-state index contributed by atoms with van der Waals surface area (Å²) in [5.74, 6) is 0. The summed E-state index contributed by atoms with van der Waals surface area (Å²) in [4.78, 5) is 3.96. The van der Waals surface area contributed by atoms with Crippen molar-refractivity contribution in [3.05, 3.63) is 229 Å². The smallest absolute Gasteiger partial charge is 0.252 e. The molecule has 0 fully saturated rings. The lowest BCUT2D eigenvalue weighted by Gasteiger charge is -2.44. The van der Waals surface area contributed by atoms with Crippen LogP contribution in [-0.2, 0) is 10.8 Å². The van der Waals surface area contributed by atoms with Gasteiger partial charge in [-0.05, 0) is 140 Å². The number of para-hydroxylation sites is 3. The van der Waals surface area contributed by atoms with Crippen molar-refractivity contribution in [2.24, 2.45) is 0 Å². The fourth-order valence-electron chi connectivity index (χ4n) is 11.9. The molecule has 74 heavy (non-hydrogen) atoms. The van der Waals surface area contributed by atoms with Gasteiger partial charge < -0.3 is 18.8 Å². The normalized spacial score (nSPS) is 16.3. The van der Waals surface area contributed by atoms with Crippen molar-refractivity contribution in [2.45, 2.75) is 59.0 Å². The van der Waals surface area contributed by atoms with Crippen molar-refractivity contribution in [1.82, 2.24) is 4.57 Å². The Morgan fingerprint density at radius 2 is 0.959 bits per heavy atom. The number of nitrogens with zero attached hydrogens (tertiary/aromatic N) is 3. The molecular formula is C69H56BN3O. The van der Waals surface area contributed by atoms with Crippen LogP contribution in [0, 0.1) is 6.85 Å². The van der Waals surface area contributed by atoms with Crippen LogP contribution in [0.1, 0.15) is 74.5 Å². The monoisotopic (exact) mass is 966 g/mol. The Kier molecular flexibility index (Phi) is 7.29. The van der Waals surface area contributed by atoms with E-state index in [2.05, 4.69) is 103 Å². The number of anilines is 6. The number of rotatable bonds is 5. The maximum Gasteiger partial charge on any atom is 0.252 e. The standard InChI is InChI=1S/C69H56BN3O/c1-43-37-62-65-63(38-43)73(64-42-49(69(5,6)7)41-54-53-25-18-28-61(66(53)74-67(54)64)72-57-26-16-14-23-51(57)52-24-15-17-27-58(52)72)60-36-30-47(45-21-12-9-13-22-45)40-56(60)70(65)55-39-46(44-19-10-8-11-20-44)29-35-59(55)71(62)50-33-31-48(32-34-50)68(2,3)4/h8-42H,1-7H3/i1D3,5D3,6D3,7D3. The highest BCUT2D eigenvalue weighted by Gasteiger charge is 2.44. The quantitative estimate of drug-likeness (QED) is 0.161. The summed E-state index contributed by atoms with van der Waals surface area (Å²) in [5.41, 5.74) is 9.15. The van der Waals surface area contributed by atoms with Gasteiger partial charge in [-0.15, -0.1) is 0 Å². The molecule has 10 aromatic carbocycles. The van der Waals surface area contributed by atoms with Gasteiger partial charge in [0.1, 0.15) is 0 Å². The molecular weight excluding hydrogens is 898 g/mol. The first-order valence-corrected chi connectivity index (χ1v) is 25.1. The lowest BCUT2D eigenvalue weighted by molar-refractivity contribution is 0.590. The fourth-order valence-corrected chi connectivity index (χ4v) is 11.9. The molecule has 0 atom stereocenters. The lowest BCUT2D eigenvalue weighted by atomic mass is 9.33. The van der Waals surface area contributed by atoms with Gasteiger partial charge in [0.15, 0.2) is 11.2 Å². The first kappa shape index (κ1) is 33.2. The molecule has 0 radical (unpaired) electrons. The first-order valence-electron chi connectivity index (χ1n) is 31.1. The number of benzene rings is 10. The van der Waals surface area contributed by atoms with Gasteiger partial charge in [-0.2, -0.15) is 0 Å².